The van der Waals surface area contributed by atoms with Crippen LogP contribution in [-0.2, 0) is 14.3 Å². The van der Waals surface area contributed by atoms with Crippen molar-refractivity contribution in [2.24, 2.45) is 5.73 Å². The molecule has 0 bridgehead atoms. The first kappa shape index (κ1) is 14.8. The summed E-state index contributed by atoms with van der Waals surface area (Å²) in [5.74, 6) is -0.493. The van der Waals surface area contributed by atoms with E-state index in [1.54, 1.807) is 20.8 Å². The zero-order valence-corrected chi connectivity index (χ0v) is 11.4. The van der Waals surface area contributed by atoms with Gasteiger partial charge < -0.3 is 15.2 Å². The number of carbonyl (C=O) groups is 2. The minimum absolute atomic E-state index is 0.404. The van der Waals surface area contributed by atoms with Crippen molar-refractivity contribution >= 4 is 12.1 Å². The molecule has 104 valence electrons. The van der Waals surface area contributed by atoms with Gasteiger partial charge in [0.25, 0.3) is 0 Å². The van der Waals surface area contributed by atoms with Gasteiger partial charge in [0, 0.05) is 12.6 Å². The molecule has 2 atom stereocenters. The molecule has 1 rings (SSSR count). The molecule has 0 spiro atoms. The number of hydrogen-bond acceptors (Lipinski definition) is 5. The van der Waals surface area contributed by atoms with E-state index in [0.717, 1.165) is 6.42 Å². The van der Waals surface area contributed by atoms with Gasteiger partial charge in [-0.1, -0.05) is 0 Å². The Bertz CT molecular complexity index is 325. The number of esters is 1. The van der Waals surface area contributed by atoms with Crippen molar-refractivity contribution in [3.05, 3.63) is 0 Å². The van der Waals surface area contributed by atoms with Crippen molar-refractivity contribution in [2.75, 3.05) is 13.7 Å². The zero-order chi connectivity index (χ0) is 13.9. The van der Waals surface area contributed by atoms with Crippen LogP contribution in [0.3, 0.4) is 0 Å². The van der Waals surface area contributed by atoms with Crippen molar-refractivity contribution < 1.29 is 19.1 Å². The lowest BCUT2D eigenvalue weighted by atomic mass is 9.97. The van der Waals surface area contributed by atoms with Crippen molar-refractivity contribution in [3.8, 4) is 0 Å². The fourth-order valence-corrected chi connectivity index (χ4v) is 1.97. The molecule has 1 aliphatic rings. The number of nitrogens with two attached hydrogens (primary N) is 1. The number of methoxy groups -OCH3 is 1. The van der Waals surface area contributed by atoms with Crippen molar-refractivity contribution in [1.82, 2.24) is 4.90 Å². The van der Waals surface area contributed by atoms with Gasteiger partial charge in [0.2, 0.25) is 0 Å². The Morgan fingerprint density at radius 2 is 1.94 bits per heavy atom. The van der Waals surface area contributed by atoms with Gasteiger partial charge in [-0.2, -0.15) is 0 Å². The predicted octanol–water partition coefficient (Wildman–Crippen LogP) is 0.886. The summed E-state index contributed by atoms with van der Waals surface area (Å²) >= 11 is 0. The third-order valence-corrected chi connectivity index (χ3v) is 2.75. The predicted molar refractivity (Wildman–Crippen MR) is 66.0 cm³/mol. The second kappa shape index (κ2) is 5.56. The second-order valence-electron chi connectivity index (χ2n) is 5.45. The molecule has 6 nitrogen and oxygen atoms in total. The molecule has 1 heterocycles. The van der Waals surface area contributed by atoms with Gasteiger partial charge in [-0.3, -0.25) is 4.90 Å². The highest BCUT2D eigenvalue weighted by Gasteiger charge is 2.40. The van der Waals surface area contributed by atoms with Gasteiger partial charge in [-0.25, -0.2) is 9.59 Å². The van der Waals surface area contributed by atoms with E-state index in [2.05, 4.69) is 0 Å². The van der Waals surface area contributed by atoms with E-state index in [9.17, 15) is 9.59 Å². The minimum Gasteiger partial charge on any atom is -0.467 e. The molecule has 1 saturated heterocycles. The SMILES string of the molecule is COC(=O)[C@H]1[C@@H](N)CCCN1C(=O)OC(C)(C)C. The summed E-state index contributed by atoms with van der Waals surface area (Å²) < 4.78 is 9.98. The topological polar surface area (TPSA) is 81.9 Å². The van der Waals surface area contributed by atoms with Crippen LogP contribution in [0.25, 0.3) is 0 Å². The average molecular weight is 258 g/mol. The number of piperidine rings is 1. The van der Waals surface area contributed by atoms with E-state index in [1.807, 2.05) is 0 Å². The Kier molecular flexibility index (Phi) is 4.56. The summed E-state index contributed by atoms with van der Waals surface area (Å²) in [5, 5.41) is 0. The highest BCUT2D eigenvalue weighted by Crippen LogP contribution is 2.20. The molecule has 0 aliphatic carbocycles. The van der Waals surface area contributed by atoms with Gasteiger partial charge in [0.1, 0.15) is 11.6 Å². The first-order valence-electron chi connectivity index (χ1n) is 6.09. The number of rotatable bonds is 1. The van der Waals surface area contributed by atoms with Gasteiger partial charge in [-0.15, -0.1) is 0 Å². The molecule has 6 heteroatoms. The van der Waals surface area contributed by atoms with Gasteiger partial charge >= 0.3 is 12.1 Å². The van der Waals surface area contributed by atoms with Crippen LogP contribution in [0.2, 0.25) is 0 Å². The molecule has 1 amide bonds. The van der Waals surface area contributed by atoms with E-state index < -0.39 is 29.7 Å². The van der Waals surface area contributed by atoms with Gasteiger partial charge in [-0.05, 0) is 33.6 Å². The highest BCUT2D eigenvalue weighted by molar-refractivity contribution is 5.82. The fourth-order valence-electron chi connectivity index (χ4n) is 1.97. The van der Waals surface area contributed by atoms with Crippen LogP contribution in [-0.4, -0.2) is 48.3 Å². The van der Waals surface area contributed by atoms with Crippen molar-refractivity contribution in [3.63, 3.8) is 0 Å². The van der Waals surface area contributed by atoms with Crippen molar-refractivity contribution in [2.45, 2.75) is 51.3 Å². The maximum absolute atomic E-state index is 12.0. The molecule has 1 aliphatic heterocycles. The van der Waals surface area contributed by atoms with E-state index >= 15 is 0 Å². The van der Waals surface area contributed by atoms with Crippen LogP contribution in [0.1, 0.15) is 33.6 Å². The van der Waals surface area contributed by atoms with Crippen LogP contribution in [0.4, 0.5) is 4.79 Å². The van der Waals surface area contributed by atoms with E-state index in [0.29, 0.717) is 13.0 Å². The first-order chi connectivity index (χ1) is 8.26. The number of amides is 1. The molecule has 0 aromatic carbocycles. The standard InChI is InChI=1S/C12H22N2O4/c1-12(2,3)18-11(16)14-7-5-6-8(13)9(14)10(15)17-4/h8-9H,5-7,13H2,1-4H3/t8-,9+/m0/s1. The van der Waals surface area contributed by atoms with E-state index in [4.69, 9.17) is 15.2 Å². The quantitative estimate of drug-likeness (QED) is 0.706. The summed E-state index contributed by atoms with van der Waals surface area (Å²) in [4.78, 5) is 25.1. The normalized spacial score (nSPS) is 24.6. The maximum Gasteiger partial charge on any atom is 0.411 e. The lowest BCUT2D eigenvalue weighted by Gasteiger charge is -2.38. The third-order valence-electron chi connectivity index (χ3n) is 2.75. The number of hydrogen-bond donors (Lipinski definition) is 1. The minimum atomic E-state index is -0.751. The van der Waals surface area contributed by atoms with E-state index in [-0.39, 0.29) is 0 Å². The van der Waals surface area contributed by atoms with Crippen LogP contribution in [0, 0.1) is 0 Å². The molecule has 1 fully saturated rings. The molecule has 0 aromatic rings. The largest absolute Gasteiger partial charge is 0.467 e. The van der Waals surface area contributed by atoms with Crippen LogP contribution in [0.5, 0.6) is 0 Å². The van der Waals surface area contributed by atoms with E-state index in [1.165, 1.54) is 12.0 Å². The number of nitrogens with zero attached hydrogens (tertiary/aromatic N) is 1. The Hall–Kier alpha value is -1.30. The number of carbonyl (C=O) groups excluding carboxylic acids is 2. The maximum atomic E-state index is 12.0. The Labute approximate surface area is 107 Å². The summed E-state index contributed by atoms with van der Waals surface area (Å²) in [6.07, 6.45) is 0.931. The lowest BCUT2D eigenvalue weighted by Crippen LogP contribution is -2.59. The Morgan fingerprint density at radius 1 is 1.33 bits per heavy atom. The van der Waals surface area contributed by atoms with Crippen LogP contribution >= 0.6 is 0 Å². The summed E-state index contributed by atoms with van der Waals surface area (Å²) in [6, 6.07) is -1.16. The highest BCUT2D eigenvalue weighted by atomic mass is 16.6. The molecule has 0 radical (unpaired) electrons. The molecule has 0 unspecified atom stereocenters. The Balaban J connectivity index is 2.82. The van der Waals surface area contributed by atoms with Crippen molar-refractivity contribution in [1.29, 1.82) is 0 Å². The molecule has 2 N–H and O–H groups in total. The second-order valence-corrected chi connectivity index (χ2v) is 5.45. The molecular weight excluding hydrogens is 236 g/mol. The third kappa shape index (κ3) is 3.60. The average Bonchev–Trinajstić information content (AvgIpc) is 2.25. The monoisotopic (exact) mass is 258 g/mol. The summed E-state index contributed by atoms with van der Waals surface area (Å²) in [7, 11) is 1.29. The molecule has 0 aromatic heterocycles. The number of ether oxygens (including phenoxy) is 2. The lowest BCUT2D eigenvalue weighted by molar-refractivity contribution is -0.148. The summed E-state index contributed by atoms with van der Waals surface area (Å²) in [6.45, 7) is 5.80. The molecule has 0 saturated carbocycles. The molecule has 18 heavy (non-hydrogen) atoms. The van der Waals surface area contributed by atoms with Gasteiger partial charge in [0.05, 0.1) is 7.11 Å². The van der Waals surface area contributed by atoms with Crippen LogP contribution < -0.4 is 5.73 Å². The molecular formula is C12H22N2O4. The smallest absolute Gasteiger partial charge is 0.411 e. The zero-order valence-electron chi connectivity index (χ0n) is 11.4. The fraction of sp³-hybridized carbons (Fsp3) is 0.833. The summed E-state index contributed by atoms with van der Waals surface area (Å²) in [5.41, 5.74) is 5.30. The Morgan fingerprint density at radius 3 is 2.44 bits per heavy atom. The first-order valence-corrected chi connectivity index (χ1v) is 6.09. The van der Waals surface area contributed by atoms with Gasteiger partial charge in [0.15, 0.2) is 0 Å². The van der Waals surface area contributed by atoms with Crippen LogP contribution in [0.15, 0.2) is 0 Å². The number of likely N-dealkylation sites (tertiary alicyclic amines) is 1.